The molecule has 0 aliphatic carbocycles. The molecule has 0 spiro atoms. The van der Waals surface area contributed by atoms with Gasteiger partial charge in [0.1, 0.15) is 5.75 Å². The van der Waals surface area contributed by atoms with Crippen LogP contribution in [0.3, 0.4) is 0 Å². The minimum Gasteiger partial charge on any atom is -0.497 e. The standard InChI is InChI=1S/C12H9ClN4O/c1-18-8-4-2-7(3-5-8)11-9-6-10(13)14-16-12(9)17-15-11/h2-6H,1H3,(H,15,16,17). The highest BCUT2D eigenvalue weighted by molar-refractivity contribution is 6.30. The van der Waals surface area contributed by atoms with Gasteiger partial charge in [0.25, 0.3) is 0 Å². The van der Waals surface area contributed by atoms with Gasteiger partial charge in [-0.05, 0) is 30.3 Å². The fourth-order valence-electron chi connectivity index (χ4n) is 1.77. The van der Waals surface area contributed by atoms with Crippen LogP contribution in [0.1, 0.15) is 0 Å². The minimum atomic E-state index is 0.346. The second-order valence-electron chi connectivity index (χ2n) is 3.73. The SMILES string of the molecule is COc1ccc(-c2[nH]nc3nnc(Cl)cc23)cc1. The largest absolute Gasteiger partial charge is 0.497 e. The maximum Gasteiger partial charge on any atom is 0.203 e. The summed E-state index contributed by atoms with van der Waals surface area (Å²) in [6.45, 7) is 0. The van der Waals surface area contributed by atoms with Crippen molar-refractivity contribution in [1.82, 2.24) is 20.4 Å². The fourth-order valence-corrected chi connectivity index (χ4v) is 1.92. The maximum atomic E-state index is 5.85. The zero-order valence-corrected chi connectivity index (χ0v) is 10.3. The summed E-state index contributed by atoms with van der Waals surface area (Å²) < 4.78 is 5.12. The van der Waals surface area contributed by atoms with Gasteiger partial charge in [0.2, 0.25) is 5.65 Å². The fraction of sp³-hybridized carbons (Fsp3) is 0.0833. The molecule has 0 aliphatic heterocycles. The van der Waals surface area contributed by atoms with Crippen molar-refractivity contribution < 1.29 is 4.74 Å². The molecule has 0 fully saturated rings. The van der Waals surface area contributed by atoms with E-state index < -0.39 is 0 Å². The molecule has 0 amide bonds. The van der Waals surface area contributed by atoms with Crippen molar-refractivity contribution >= 4 is 22.6 Å². The van der Waals surface area contributed by atoms with Crippen molar-refractivity contribution in [3.63, 3.8) is 0 Å². The van der Waals surface area contributed by atoms with Crippen molar-refractivity contribution in [2.75, 3.05) is 7.11 Å². The normalized spacial score (nSPS) is 10.8. The van der Waals surface area contributed by atoms with Crippen molar-refractivity contribution in [2.45, 2.75) is 0 Å². The van der Waals surface area contributed by atoms with E-state index >= 15 is 0 Å². The van der Waals surface area contributed by atoms with Gasteiger partial charge in [-0.25, -0.2) is 0 Å². The molecule has 1 aromatic carbocycles. The highest BCUT2D eigenvalue weighted by Gasteiger charge is 2.09. The Morgan fingerprint density at radius 1 is 1.17 bits per heavy atom. The number of nitrogens with zero attached hydrogens (tertiary/aromatic N) is 3. The molecule has 0 unspecified atom stereocenters. The topological polar surface area (TPSA) is 63.7 Å². The number of hydrogen-bond donors (Lipinski definition) is 1. The Morgan fingerprint density at radius 3 is 2.67 bits per heavy atom. The van der Waals surface area contributed by atoms with Crippen LogP contribution in [0.25, 0.3) is 22.3 Å². The van der Waals surface area contributed by atoms with Crippen LogP contribution in [-0.4, -0.2) is 27.5 Å². The molecule has 5 nitrogen and oxygen atoms in total. The van der Waals surface area contributed by atoms with Crippen LogP contribution in [0.2, 0.25) is 5.15 Å². The third-order valence-electron chi connectivity index (χ3n) is 2.67. The number of benzene rings is 1. The summed E-state index contributed by atoms with van der Waals surface area (Å²) in [6.07, 6.45) is 0. The monoisotopic (exact) mass is 260 g/mol. The number of halogens is 1. The molecule has 0 saturated heterocycles. The van der Waals surface area contributed by atoms with Gasteiger partial charge in [-0.2, -0.15) is 5.10 Å². The average Bonchev–Trinajstić information content (AvgIpc) is 2.82. The van der Waals surface area contributed by atoms with Gasteiger partial charge in [0, 0.05) is 5.56 Å². The number of aromatic nitrogens is 4. The van der Waals surface area contributed by atoms with Gasteiger partial charge in [0.05, 0.1) is 18.2 Å². The van der Waals surface area contributed by atoms with E-state index in [-0.39, 0.29) is 0 Å². The van der Waals surface area contributed by atoms with Crippen molar-refractivity contribution in [1.29, 1.82) is 0 Å². The second-order valence-corrected chi connectivity index (χ2v) is 4.12. The van der Waals surface area contributed by atoms with Gasteiger partial charge >= 0.3 is 0 Å². The van der Waals surface area contributed by atoms with Crippen molar-refractivity contribution in [3.8, 4) is 17.0 Å². The first kappa shape index (κ1) is 11.0. The number of ether oxygens (including phenoxy) is 1. The number of aromatic amines is 1. The number of nitrogens with one attached hydrogen (secondary N) is 1. The Labute approximate surface area is 108 Å². The van der Waals surface area contributed by atoms with Crippen LogP contribution in [0.15, 0.2) is 30.3 Å². The van der Waals surface area contributed by atoms with E-state index in [2.05, 4.69) is 20.4 Å². The zero-order chi connectivity index (χ0) is 12.5. The minimum absolute atomic E-state index is 0.346. The molecule has 6 heteroatoms. The Kier molecular flexibility index (Phi) is 2.60. The van der Waals surface area contributed by atoms with Gasteiger partial charge in [-0.15, -0.1) is 10.2 Å². The molecular weight excluding hydrogens is 252 g/mol. The Bertz CT molecular complexity index is 693. The lowest BCUT2D eigenvalue weighted by Gasteiger charge is -2.01. The Morgan fingerprint density at radius 2 is 1.94 bits per heavy atom. The summed E-state index contributed by atoms with van der Waals surface area (Å²) in [4.78, 5) is 0. The van der Waals surface area contributed by atoms with Gasteiger partial charge in [0.15, 0.2) is 5.15 Å². The first-order chi connectivity index (χ1) is 8.78. The van der Waals surface area contributed by atoms with E-state index in [9.17, 15) is 0 Å². The van der Waals surface area contributed by atoms with E-state index in [0.717, 1.165) is 22.4 Å². The van der Waals surface area contributed by atoms with Crippen LogP contribution in [-0.2, 0) is 0 Å². The first-order valence-corrected chi connectivity index (χ1v) is 5.67. The van der Waals surface area contributed by atoms with E-state index in [1.807, 2.05) is 24.3 Å². The molecule has 2 aromatic heterocycles. The van der Waals surface area contributed by atoms with Crippen molar-refractivity contribution in [2.24, 2.45) is 0 Å². The highest BCUT2D eigenvalue weighted by atomic mass is 35.5. The van der Waals surface area contributed by atoms with E-state index in [1.165, 1.54) is 0 Å². The number of rotatable bonds is 2. The summed E-state index contributed by atoms with van der Waals surface area (Å²) in [5.74, 6) is 0.806. The summed E-state index contributed by atoms with van der Waals surface area (Å²) in [6, 6.07) is 9.41. The molecule has 0 saturated carbocycles. The highest BCUT2D eigenvalue weighted by Crippen LogP contribution is 2.27. The molecule has 0 atom stereocenters. The lowest BCUT2D eigenvalue weighted by atomic mass is 10.1. The predicted molar refractivity (Wildman–Crippen MR) is 68.7 cm³/mol. The van der Waals surface area contributed by atoms with Crippen LogP contribution >= 0.6 is 11.6 Å². The number of methoxy groups -OCH3 is 1. The lowest BCUT2D eigenvalue weighted by Crippen LogP contribution is -1.84. The summed E-state index contributed by atoms with van der Waals surface area (Å²) in [5, 5.41) is 15.9. The summed E-state index contributed by atoms with van der Waals surface area (Å²) in [7, 11) is 1.63. The molecular formula is C12H9ClN4O. The van der Waals surface area contributed by atoms with Gasteiger partial charge in [-0.3, -0.25) is 5.10 Å². The van der Waals surface area contributed by atoms with Crippen LogP contribution < -0.4 is 4.74 Å². The zero-order valence-electron chi connectivity index (χ0n) is 9.51. The van der Waals surface area contributed by atoms with Crippen LogP contribution in [0, 0.1) is 0 Å². The van der Waals surface area contributed by atoms with E-state index in [1.54, 1.807) is 13.2 Å². The molecule has 90 valence electrons. The van der Waals surface area contributed by atoms with Crippen LogP contribution in [0.4, 0.5) is 0 Å². The molecule has 3 rings (SSSR count). The maximum absolute atomic E-state index is 5.85. The number of fused-ring (bicyclic) bond motifs is 1. The number of hydrogen-bond acceptors (Lipinski definition) is 4. The summed E-state index contributed by atoms with van der Waals surface area (Å²) in [5.41, 5.74) is 2.40. The molecule has 2 heterocycles. The lowest BCUT2D eigenvalue weighted by molar-refractivity contribution is 0.415. The van der Waals surface area contributed by atoms with E-state index in [4.69, 9.17) is 16.3 Å². The first-order valence-electron chi connectivity index (χ1n) is 5.29. The van der Waals surface area contributed by atoms with Gasteiger partial charge in [-0.1, -0.05) is 11.6 Å². The Balaban J connectivity index is 2.15. The van der Waals surface area contributed by atoms with E-state index in [0.29, 0.717) is 10.8 Å². The Hall–Kier alpha value is -2.14. The molecule has 1 N–H and O–H groups in total. The molecule has 0 radical (unpaired) electrons. The molecule has 0 bridgehead atoms. The third-order valence-corrected chi connectivity index (χ3v) is 2.85. The average molecular weight is 261 g/mol. The number of H-pyrrole nitrogens is 1. The molecule has 18 heavy (non-hydrogen) atoms. The molecule has 0 aliphatic rings. The molecule has 3 aromatic rings. The second kappa shape index (κ2) is 4.27. The quantitative estimate of drug-likeness (QED) is 0.769. The van der Waals surface area contributed by atoms with Crippen molar-refractivity contribution in [3.05, 3.63) is 35.5 Å². The smallest absolute Gasteiger partial charge is 0.203 e. The third kappa shape index (κ3) is 1.78. The van der Waals surface area contributed by atoms with Gasteiger partial charge < -0.3 is 4.74 Å². The predicted octanol–water partition coefficient (Wildman–Crippen LogP) is 2.68. The van der Waals surface area contributed by atoms with Crippen LogP contribution in [0.5, 0.6) is 5.75 Å². The summed E-state index contributed by atoms with van der Waals surface area (Å²) >= 11 is 5.85.